The van der Waals surface area contributed by atoms with Crippen LogP contribution in [0, 0.1) is 6.92 Å². The van der Waals surface area contributed by atoms with Crippen LogP contribution in [0.25, 0.3) is 0 Å². The van der Waals surface area contributed by atoms with Crippen LogP contribution in [-0.4, -0.2) is 40.3 Å². The van der Waals surface area contributed by atoms with E-state index in [9.17, 15) is 5.11 Å². The monoisotopic (exact) mass is 337 g/mol. The Kier molecular flexibility index (Phi) is 7.69. The Morgan fingerprint density at radius 2 is 1.64 bits per heavy atom. The summed E-state index contributed by atoms with van der Waals surface area (Å²) in [6.45, 7) is 3.79. The van der Waals surface area contributed by atoms with E-state index >= 15 is 0 Å². The highest BCUT2D eigenvalue weighted by atomic mass is 32.2. The van der Waals surface area contributed by atoms with Crippen molar-refractivity contribution in [2.45, 2.75) is 13.8 Å². The summed E-state index contributed by atoms with van der Waals surface area (Å²) in [5, 5.41) is 27.0. The molecule has 0 spiro atoms. The molecule has 1 aromatic rings. The number of rotatable bonds is 4. The second-order valence-electron chi connectivity index (χ2n) is 4.25. The lowest BCUT2D eigenvalue weighted by Gasteiger charge is -2.04. The van der Waals surface area contributed by atoms with Gasteiger partial charge >= 0.3 is 0 Å². The van der Waals surface area contributed by atoms with Crippen LogP contribution in [0.1, 0.15) is 23.6 Å². The zero-order chi connectivity index (χ0) is 16.5. The van der Waals surface area contributed by atoms with Crippen molar-refractivity contribution in [1.82, 2.24) is 0 Å². The summed E-state index contributed by atoms with van der Waals surface area (Å²) in [7, 11) is 0. The van der Waals surface area contributed by atoms with Crippen molar-refractivity contribution in [3.05, 3.63) is 28.8 Å². The smallest absolute Gasteiger partial charge is 0.180 e. The van der Waals surface area contributed by atoms with E-state index in [0.717, 1.165) is 10.6 Å². The molecule has 22 heavy (non-hydrogen) atoms. The van der Waals surface area contributed by atoms with Crippen LogP contribution in [0.3, 0.4) is 0 Å². The molecule has 0 atom stereocenters. The second-order valence-corrected chi connectivity index (χ2v) is 6.07. The molecular weight excluding hydrogens is 318 g/mol. The standard InChI is InChI=1S/C14H19N5OS2/c1-9-5-11(7-16-18-10(2)21-3)13(20)12(6-9)8-17-19-14(15)22-4/h5-8,20H,1-4H3,(H2,15,19)/b16-7-,17-8-,18-10-. The van der Waals surface area contributed by atoms with E-state index in [4.69, 9.17) is 5.73 Å². The van der Waals surface area contributed by atoms with E-state index < -0.39 is 0 Å². The number of phenols is 1. The number of hydrogen-bond donors (Lipinski definition) is 2. The first-order chi connectivity index (χ1) is 10.5. The second kappa shape index (κ2) is 9.26. The third-order valence-corrected chi connectivity index (χ3v) is 3.74. The van der Waals surface area contributed by atoms with Gasteiger partial charge in [0, 0.05) is 11.1 Å². The van der Waals surface area contributed by atoms with Crippen LogP contribution >= 0.6 is 23.5 Å². The molecule has 0 bridgehead atoms. The largest absolute Gasteiger partial charge is 0.507 e. The van der Waals surface area contributed by atoms with E-state index in [0.29, 0.717) is 16.3 Å². The van der Waals surface area contributed by atoms with Gasteiger partial charge in [-0.15, -0.1) is 22.0 Å². The molecule has 0 aliphatic carbocycles. The molecule has 1 aromatic carbocycles. The van der Waals surface area contributed by atoms with Crippen LogP contribution in [0.15, 0.2) is 32.5 Å². The number of amidine groups is 1. The van der Waals surface area contributed by atoms with Crippen LogP contribution < -0.4 is 5.73 Å². The number of phenolic OH excluding ortho intramolecular Hbond substituents is 1. The highest BCUT2D eigenvalue weighted by Crippen LogP contribution is 2.22. The van der Waals surface area contributed by atoms with Crippen molar-refractivity contribution in [2.75, 3.05) is 12.5 Å². The number of thioether (sulfide) groups is 2. The first-order valence-corrected chi connectivity index (χ1v) is 8.78. The summed E-state index contributed by atoms with van der Waals surface area (Å²) in [4.78, 5) is 0. The SMILES string of the molecule is CS/C(C)=N\N=C/c1cc(C)cc(/C=N\N=C(\N)SC)c1O. The van der Waals surface area contributed by atoms with E-state index in [1.165, 1.54) is 36.0 Å². The molecule has 6 nitrogen and oxygen atoms in total. The fraction of sp³-hybridized carbons (Fsp3) is 0.286. The summed E-state index contributed by atoms with van der Waals surface area (Å²) in [5.74, 6) is 0.0769. The predicted octanol–water partition coefficient (Wildman–Crippen LogP) is 2.83. The lowest BCUT2D eigenvalue weighted by atomic mass is 10.1. The average Bonchev–Trinajstić information content (AvgIpc) is 2.50. The first-order valence-electron chi connectivity index (χ1n) is 6.33. The third kappa shape index (κ3) is 5.90. The molecule has 0 aliphatic rings. The lowest BCUT2D eigenvalue weighted by molar-refractivity contribution is 0.473. The van der Waals surface area contributed by atoms with Crippen molar-refractivity contribution in [3.63, 3.8) is 0 Å². The Bertz CT molecular complexity index is 587. The summed E-state index contributed by atoms with van der Waals surface area (Å²) >= 11 is 2.81. The van der Waals surface area contributed by atoms with Crippen molar-refractivity contribution < 1.29 is 5.11 Å². The number of aromatic hydroxyl groups is 1. The van der Waals surface area contributed by atoms with Gasteiger partial charge in [-0.2, -0.15) is 10.2 Å². The summed E-state index contributed by atoms with van der Waals surface area (Å²) in [5.41, 5.74) is 7.62. The molecular formula is C14H19N5OS2. The van der Waals surface area contributed by atoms with Crippen molar-refractivity contribution in [2.24, 2.45) is 26.1 Å². The third-order valence-electron chi connectivity index (χ3n) is 2.57. The van der Waals surface area contributed by atoms with Gasteiger partial charge in [0.05, 0.1) is 17.5 Å². The number of nitrogens with zero attached hydrogens (tertiary/aromatic N) is 4. The number of nitrogens with two attached hydrogens (primary N) is 1. The van der Waals surface area contributed by atoms with Gasteiger partial charge in [0.1, 0.15) is 5.75 Å². The minimum Gasteiger partial charge on any atom is -0.507 e. The van der Waals surface area contributed by atoms with E-state index in [2.05, 4.69) is 20.4 Å². The van der Waals surface area contributed by atoms with Gasteiger partial charge in [0.2, 0.25) is 0 Å². The van der Waals surface area contributed by atoms with Crippen LogP contribution in [0.4, 0.5) is 0 Å². The van der Waals surface area contributed by atoms with Gasteiger partial charge in [0.15, 0.2) is 5.17 Å². The van der Waals surface area contributed by atoms with Gasteiger partial charge in [-0.25, -0.2) is 0 Å². The van der Waals surface area contributed by atoms with E-state index in [-0.39, 0.29) is 5.75 Å². The van der Waals surface area contributed by atoms with Crippen LogP contribution in [-0.2, 0) is 0 Å². The van der Waals surface area contributed by atoms with Gasteiger partial charge < -0.3 is 10.8 Å². The Hall–Kier alpha value is -1.80. The molecule has 0 aliphatic heterocycles. The van der Waals surface area contributed by atoms with Gasteiger partial charge in [0.25, 0.3) is 0 Å². The normalized spacial score (nSPS) is 13.5. The maximum absolute atomic E-state index is 10.2. The molecule has 0 saturated heterocycles. The molecule has 1 rings (SSSR count). The van der Waals surface area contributed by atoms with Crippen LogP contribution in [0.5, 0.6) is 5.75 Å². The highest BCUT2D eigenvalue weighted by Gasteiger charge is 2.05. The average molecular weight is 337 g/mol. The maximum atomic E-state index is 10.2. The molecule has 0 amide bonds. The number of aryl methyl sites for hydroxylation is 1. The Labute approximate surface area is 138 Å². The van der Waals surface area contributed by atoms with Gasteiger partial charge in [-0.3, -0.25) is 0 Å². The first kappa shape index (κ1) is 18.2. The highest BCUT2D eigenvalue weighted by molar-refractivity contribution is 8.13. The molecule has 0 heterocycles. The van der Waals surface area contributed by atoms with E-state index in [1.54, 1.807) is 6.07 Å². The zero-order valence-electron chi connectivity index (χ0n) is 12.9. The molecule has 0 fully saturated rings. The zero-order valence-corrected chi connectivity index (χ0v) is 14.6. The van der Waals surface area contributed by atoms with Crippen molar-refractivity contribution in [3.8, 4) is 5.75 Å². The van der Waals surface area contributed by atoms with Crippen molar-refractivity contribution >= 4 is 46.2 Å². The van der Waals surface area contributed by atoms with Crippen molar-refractivity contribution in [1.29, 1.82) is 0 Å². The van der Waals surface area contributed by atoms with Gasteiger partial charge in [-0.05, 0) is 44.1 Å². The molecule has 0 aromatic heterocycles. The Morgan fingerprint density at radius 1 is 1.09 bits per heavy atom. The number of benzene rings is 1. The molecule has 0 saturated carbocycles. The molecule has 3 N–H and O–H groups in total. The Balaban J connectivity index is 3.07. The Morgan fingerprint density at radius 3 is 2.14 bits per heavy atom. The fourth-order valence-electron chi connectivity index (χ4n) is 1.43. The number of hydrogen-bond acceptors (Lipinski definition) is 7. The molecule has 0 radical (unpaired) electrons. The summed E-state index contributed by atoms with van der Waals surface area (Å²) in [6, 6.07) is 3.62. The summed E-state index contributed by atoms with van der Waals surface area (Å²) in [6.07, 6.45) is 6.70. The molecule has 0 unspecified atom stereocenters. The van der Waals surface area contributed by atoms with Crippen LogP contribution in [0.2, 0.25) is 0 Å². The lowest BCUT2D eigenvalue weighted by Crippen LogP contribution is -2.04. The maximum Gasteiger partial charge on any atom is 0.180 e. The van der Waals surface area contributed by atoms with Gasteiger partial charge in [-0.1, -0.05) is 11.8 Å². The summed E-state index contributed by atoms with van der Waals surface area (Å²) < 4.78 is 0. The molecule has 118 valence electrons. The quantitative estimate of drug-likeness (QED) is 0.501. The molecule has 8 heteroatoms. The minimum absolute atomic E-state index is 0.0769. The predicted molar refractivity (Wildman–Crippen MR) is 99.8 cm³/mol. The fourth-order valence-corrected chi connectivity index (χ4v) is 1.69. The topological polar surface area (TPSA) is 95.7 Å². The minimum atomic E-state index is 0.0769. The van der Waals surface area contributed by atoms with E-state index in [1.807, 2.05) is 32.4 Å².